The minimum absolute atomic E-state index is 0.796. The van der Waals surface area contributed by atoms with E-state index in [4.69, 9.17) is 10.0 Å². The third kappa shape index (κ3) is 9.95. The van der Waals surface area contributed by atoms with Crippen LogP contribution in [0.25, 0.3) is 22.3 Å². The zero-order valence-electron chi connectivity index (χ0n) is 28.6. The minimum Gasteiger partial charge on any atom is -0.867 e. The summed E-state index contributed by atoms with van der Waals surface area (Å²) < 4.78 is 16.4. The molecule has 0 saturated carbocycles. The van der Waals surface area contributed by atoms with Crippen molar-refractivity contribution >= 4 is 29.7 Å². The first-order chi connectivity index (χ1) is 25.5. The molecule has 0 atom stereocenters. The molecule has 0 aliphatic carbocycles. The topological polar surface area (TPSA) is 51.5 Å². The van der Waals surface area contributed by atoms with Crippen molar-refractivity contribution in [3.8, 4) is 11.5 Å². The van der Waals surface area contributed by atoms with E-state index in [9.17, 15) is 4.32 Å². The highest BCUT2D eigenvalue weighted by atomic mass is 19.1. The SMILES string of the molecule is C1=C(c2ccccc2)C=C(c2ccccc2)C[O+]1c1ccccc1.C1=C(c2ccccc2)C=C(c2ccccc2)C[O+]1c1ccccc1.[O-]B([O-])F. The van der Waals surface area contributed by atoms with Gasteiger partial charge in [-0.25, -0.2) is 0 Å². The molecule has 0 amide bonds. The van der Waals surface area contributed by atoms with Crippen molar-refractivity contribution in [2.75, 3.05) is 13.2 Å². The van der Waals surface area contributed by atoms with Crippen molar-refractivity contribution in [2.45, 2.75) is 0 Å². The van der Waals surface area contributed by atoms with E-state index in [0.717, 1.165) is 24.7 Å². The third-order valence-electron chi connectivity index (χ3n) is 8.42. The Labute approximate surface area is 305 Å². The van der Waals surface area contributed by atoms with Crippen LogP contribution in [0.15, 0.2) is 207 Å². The predicted molar refractivity (Wildman–Crippen MR) is 208 cm³/mol. The lowest BCUT2D eigenvalue weighted by Gasteiger charge is -2.25. The van der Waals surface area contributed by atoms with Crippen molar-refractivity contribution in [1.82, 2.24) is 0 Å². The molecule has 0 aromatic heterocycles. The molecule has 6 heteroatoms. The molecule has 8 rings (SSSR count). The third-order valence-corrected chi connectivity index (χ3v) is 8.42. The largest absolute Gasteiger partial charge is 0.867 e. The van der Waals surface area contributed by atoms with Crippen LogP contribution in [-0.2, 0) is 8.73 Å². The fourth-order valence-corrected chi connectivity index (χ4v) is 5.95. The molecule has 6 aromatic rings. The van der Waals surface area contributed by atoms with Crippen LogP contribution in [-0.4, -0.2) is 20.6 Å². The van der Waals surface area contributed by atoms with E-state index in [2.05, 4.69) is 203 Å². The van der Waals surface area contributed by atoms with Gasteiger partial charge in [0.2, 0.25) is 25.7 Å². The maximum atomic E-state index is 9.89. The Hall–Kier alpha value is -6.21. The van der Waals surface area contributed by atoms with E-state index in [1.807, 2.05) is 12.1 Å². The van der Waals surface area contributed by atoms with E-state index in [1.54, 1.807) is 0 Å². The summed E-state index contributed by atoms with van der Waals surface area (Å²) in [4.78, 5) is 0. The van der Waals surface area contributed by atoms with Crippen LogP contribution in [0.3, 0.4) is 0 Å². The van der Waals surface area contributed by atoms with Crippen LogP contribution in [0, 0.1) is 0 Å². The first-order valence-corrected chi connectivity index (χ1v) is 17.0. The molecule has 2 heterocycles. The Morgan fingerprint density at radius 3 is 0.923 bits per heavy atom. The second-order valence-electron chi connectivity index (χ2n) is 12.0. The Morgan fingerprint density at radius 1 is 0.385 bits per heavy atom. The Bertz CT molecular complexity index is 1950. The van der Waals surface area contributed by atoms with Crippen molar-refractivity contribution in [1.29, 1.82) is 0 Å². The van der Waals surface area contributed by atoms with Gasteiger partial charge in [-0.05, 0) is 34.4 Å². The molecule has 256 valence electrons. The second-order valence-corrected chi connectivity index (χ2v) is 12.0. The lowest BCUT2D eigenvalue weighted by Crippen LogP contribution is -2.39. The quantitative estimate of drug-likeness (QED) is 0.130. The Balaban J connectivity index is 0.000000162. The van der Waals surface area contributed by atoms with E-state index in [1.165, 1.54) is 44.5 Å². The lowest BCUT2D eigenvalue weighted by molar-refractivity contribution is -0.366. The van der Waals surface area contributed by atoms with Gasteiger partial charge in [0.05, 0.1) is 11.1 Å². The summed E-state index contributed by atoms with van der Waals surface area (Å²) in [5.41, 5.74) is 9.96. The molecule has 6 aromatic carbocycles. The molecule has 0 bridgehead atoms. The molecule has 0 fully saturated rings. The minimum atomic E-state index is -3.17. The van der Waals surface area contributed by atoms with Crippen molar-refractivity contribution < 1.29 is 23.1 Å². The standard InChI is InChI=1S/2C23H19O.BFO2/c2*1-4-10-19(11-5-1)21-16-22(20-12-6-2-7-13-20)18-24(17-21)23-14-8-3-9-15-23;2-1(3)4/h2*1-17H,18H2;/q2*+1;-2. The average molecular weight is 685 g/mol. The van der Waals surface area contributed by atoms with Crippen LogP contribution < -0.4 is 10.0 Å². The number of halogens is 1. The first kappa shape index (κ1) is 35.6. The average Bonchev–Trinajstić information content (AvgIpc) is 3.22. The number of benzene rings is 6. The van der Waals surface area contributed by atoms with E-state index >= 15 is 0 Å². The van der Waals surface area contributed by atoms with Gasteiger partial charge in [0.15, 0.2) is 0 Å². The molecule has 0 radical (unpaired) electrons. The molecular formula is C46H38BFO4. The highest BCUT2D eigenvalue weighted by molar-refractivity contribution is 6.27. The van der Waals surface area contributed by atoms with Gasteiger partial charge in [-0.15, -0.1) is 0 Å². The van der Waals surface area contributed by atoms with E-state index in [0.29, 0.717) is 0 Å². The second kappa shape index (κ2) is 18.2. The van der Waals surface area contributed by atoms with Crippen LogP contribution in [0.2, 0.25) is 0 Å². The molecule has 0 spiro atoms. The summed E-state index contributed by atoms with van der Waals surface area (Å²) in [7, 11) is -3.17. The summed E-state index contributed by atoms with van der Waals surface area (Å²) in [5, 5.41) is 16.6. The summed E-state index contributed by atoms with van der Waals surface area (Å²) >= 11 is 0. The fraction of sp³-hybridized carbons (Fsp3) is 0.0435. The van der Waals surface area contributed by atoms with Gasteiger partial charge in [-0.3, -0.25) is 0 Å². The summed E-state index contributed by atoms with van der Waals surface area (Å²) in [5.74, 6) is 2.26. The van der Waals surface area contributed by atoms with E-state index in [-0.39, 0.29) is 0 Å². The highest BCUT2D eigenvalue weighted by Gasteiger charge is 2.22. The molecular weight excluding hydrogens is 646 g/mol. The van der Waals surface area contributed by atoms with Crippen molar-refractivity contribution in [3.05, 3.63) is 229 Å². The van der Waals surface area contributed by atoms with Crippen LogP contribution >= 0.6 is 0 Å². The first-order valence-electron chi connectivity index (χ1n) is 17.0. The van der Waals surface area contributed by atoms with E-state index < -0.39 is 7.40 Å². The zero-order chi connectivity index (χ0) is 36.0. The molecule has 2 aliphatic rings. The number of para-hydroxylation sites is 2. The summed E-state index contributed by atoms with van der Waals surface area (Å²) in [6.45, 7) is 1.59. The number of hydrogen-bond donors (Lipinski definition) is 0. The zero-order valence-corrected chi connectivity index (χ0v) is 28.6. The number of allylic oxidation sites excluding steroid dienone is 4. The smallest absolute Gasteiger partial charge is 0.261 e. The molecule has 2 aliphatic heterocycles. The monoisotopic (exact) mass is 684 g/mol. The van der Waals surface area contributed by atoms with Gasteiger partial charge in [-0.1, -0.05) is 158 Å². The molecule has 4 nitrogen and oxygen atoms in total. The van der Waals surface area contributed by atoms with Crippen molar-refractivity contribution in [2.24, 2.45) is 0 Å². The summed E-state index contributed by atoms with van der Waals surface area (Å²) in [6.07, 6.45) is 8.91. The van der Waals surface area contributed by atoms with Gasteiger partial charge >= 0.3 is 0 Å². The van der Waals surface area contributed by atoms with Gasteiger partial charge in [0.1, 0.15) is 7.40 Å². The fourth-order valence-electron chi connectivity index (χ4n) is 5.95. The predicted octanol–water partition coefficient (Wildman–Crippen LogP) is 9.84. The van der Waals surface area contributed by atoms with Crippen LogP contribution in [0.5, 0.6) is 11.5 Å². The van der Waals surface area contributed by atoms with Crippen LogP contribution in [0.1, 0.15) is 22.3 Å². The molecule has 0 saturated heterocycles. The maximum absolute atomic E-state index is 9.89. The van der Waals surface area contributed by atoms with Gasteiger partial charge in [0, 0.05) is 35.4 Å². The van der Waals surface area contributed by atoms with Gasteiger partial charge in [0.25, 0.3) is 11.5 Å². The maximum Gasteiger partial charge on any atom is 0.261 e. The number of rotatable bonds is 6. The number of hydrogen-bond acceptors (Lipinski definition) is 2. The molecule has 0 unspecified atom stereocenters. The molecule has 52 heavy (non-hydrogen) atoms. The highest BCUT2D eigenvalue weighted by Crippen LogP contribution is 2.38. The summed E-state index contributed by atoms with van der Waals surface area (Å²) in [6, 6.07) is 63.1. The normalized spacial score (nSPS) is 13.5. The van der Waals surface area contributed by atoms with Crippen LogP contribution in [0.4, 0.5) is 4.32 Å². The Kier molecular flexibility index (Phi) is 12.4. The lowest BCUT2D eigenvalue weighted by atomic mass is 9.98. The molecule has 0 N–H and O–H groups in total. The van der Waals surface area contributed by atoms with Gasteiger partial charge in [-0.2, -0.15) is 0 Å². The van der Waals surface area contributed by atoms with Crippen molar-refractivity contribution in [3.63, 3.8) is 0 Å². The Morgan fingerprint density at radius 2 is 0.635 bits per heavy atom. The van der Waals surface area contributed by atoms with Gasteiger partial charge < -0.3 is 23.1 Å².